The zero-order valence-corrected chi connectivity index (χ0v) is 13.5. The molecule has 1 aromatic carbocycles. The molecule has 21 heavy (non-hydrogen) atoms. The molecule has 112 valence electrons. The maximum atomic E-state index is 12.1. The third-order valence-electron chi connectivity index (χ3n) is 4.39. The van der Waals surface area contributed by atoms with Crippen LogP contribution in [-0.2, 0) is 4.79 Å². The Balaban J connectivity index is 2.14. The second kappa shape index (κ2) is 5.62. The monoisotopic (exact) mass is 324 g/mol. The normalized spacial score (nSPS) is 21.6. The fourth-order valence-corrected chi connectivity index (χ4v) is 3.80. The van der Waals surface area contributed by atoms with Gasteiger partial charge in [-0.15, -0.1) is 11.6 Å². The lowest BCUT2D eigenvalue weighted by Gasteiger charge is -2.33. The van der Waals surface area contributed by atoms with E-state index >= 15 is 0 Å². The number of hydrogen-bond acceptors (Lipinski definition) is 2. The van der Waals surface area contributed by atoms with Crippen LogP contribution in [0.5, 0.6) is 0 Å². The van der Waals surface area contributed by atoms with Crippen molar-refractivity contribution in [3.8, 4) is 0 Å². The van der Waals surface area contributed by atoms with Gasteiger partial charge in [-0.05, 0) is 31.0 Å². The Bertz CT molecular complexity index is 606. The molecule has 0 bridgehead atoms. The minimum absolute atomic E-state index is 0.0235. The zero-order chi connectivity index (χ0) is 15.0. The fraction of sp³-hybridized carbons (Fsp3) is 0.500. The molecule has 2 aliphatic rings. The van der Waals surface area contributed by atoms with Gasteiger partial charge in [-0.25, -0.2) is 0 Å². The van der Waals surface area contributed by atoms with Gasteiger partial charge in [0.15, 0.2) is 0 Å². The number of benzodiazepines with no additional fused rings is 1. The van der Waals surface area contributed by atoms with Gasteiger partial charge in [0.25, 0.3) is 0 Å². The number of alkyl halides is 1. The Morgan fingerprint density at radius 2 is 1.95 bits per heavy atom. The van der Waals surface area contributed by atoms with Gasteiger partial charge in [0, 0.05) is 17.6 Å². The molecule has 1 fully saturated rings. The van der Waals surface area contributed by atoms with E-state index in [1.807, 2.05) is 12.1 Å². The third kappa shape index (κ3) is 2.69. The Morgan fingerprint density at radius 3 is 2.67 bits per heavy atom. The number of fused-ring (bicyclic) bond motifs is 1. The molecule has 0 atom stereocenters. The van der Waals surface area contributed by atoms with E-state index in [9.17, 15) is 4.79 Å². The van der Waals surface area contributed by atoms with Gasteiger partial charge in [0.1, 0.15) is 6.54 Å². The number of carbonyl (C=O) groups excluding carboxylic acids is 1. The molecule has 1 amide bonds. The molecular formula is C16H18Cl2N2O. The standard InChI is InChI=1S/C16H18Cl2N2O/c1-20-13-6-5-11(17)9-12(13)15(19-10-14(20)21)16(18)7-3-2-4-8-16/h5-6,9H,2-4,7-8,10H2,1H3. The van der Waals surface area contributed by atoms with Gasteiger partial charge in [-0.1, -0.05) is 30.9 Å². The summed E-state index contributed by atoms with van der Waals surface area (Å²) >= 11 is 13.1. The summed E-state index contributed by atoms with van der Waals surface area (Å²) in [6, 6.07) is 5.55. The van der Waals surface area contributed by atoms with Crippen molar-refractivity contribution >= 4 is 40.5 Å². The summed E-state index contributed by atoms with van der Waals surface area (Å²) in [6.07, 6.45) is 5.21. The van der Waals surface area contributed by atoms with Gasteiger partial charge >= 0.3 is 0 Å². The molecule has 3 rings (SSSR count). The van der Waals surface area contributed by atoms with Crippen LogP contribution in [0.4, 0.5) is 5.69 Å². The topological polar surface area (TPSA) is 32.7 Å². The first-order valence-corrected chi connectivity index (χ1v) is 8.07. The van der Waals surface area contributed by atoms with Crippen LogP contribution in [0.2, 0.25) is 5.02 Å². The second-order valence-electron chi connectivity index (χ2n) is 5.81. The predicted octanol–water partition coefficient (Wildman–Crippen LogP) is 4.05. The molecule has 5 heteroatoms. The molecule has 0 unspecified atom stereocenters. The summed E-state index contributed by atoms with van der Waals surface area (Å²) in [6.45, 7) is 0.145. The van der Waals surface area contributed by atoms with Crippen LogP contribution < -0.4 is 4.90 Å². The summed E-state index contributed by atoms with van der Waals surface area (Å²) in [7, 11) is 1.77. The maximum absolute atomic E-state index is 12.1. The number of amides is 1. The lowest BCUT2D eigenvalue weighted by atomic mass is 9.82. The van der Waals surface area contributed by atoms with Crippen LogP contribution in [0, 0.1) is 0 Å². The highest BCUT2D eigenvalue weighted by atomic mass is 35.5. The van der Waals surface area contributed by atoms with Crippen LogP contribution in [0.15, 0.2) is 23.2 Å². The molecule has 1 aliphatic carbocycles. The van der Waals surface area contributed by atoms with Gasteiger partial charge in [-0.2, -0.15) is 0 Å². The lowest BCUT2D eigenvalue weighted by molar-refractivity contribution is -0.116. The van der Waals surface area contributed by atoms with Crippen molar-refractivity contribution in [3.63, 3.8) is 0 Å². The average Bonchev–Trinajstić information content (AvgIpc) is 2.58. The molecule has 0 spiro atoms. The van der Waals surface area contributed by atoms with E-state index in [0.29, 0.717) is 5.02 Å². The number of anilines is 1. The van der Waals surface area contributed by atoms with E-state index in [4.69, 9.17) is 23.2 Å². The molecule has 0 radical (unpaired) electrons. The van der Waals surface area contributed by atoms with Gasteiger partial charge in [0.2, 0.25) is 5.91 Å². The highest BCUT2D eigenvalue weighted by Crippen LogP contribution is 2.40. The van der Waals surface area contributed by atoms with Crippen molar-refractivity contribution < 1.29 is 4.79 Å². The smallest absolute Gasteiger partial charge is 0.248 e. The van der Waals surface area contributed by atoms with Gasteiger partial charge in [0.05, 0.1) is 16.3 Å². The Hall–Kier alpha value is -1.06. The first-order valence-electron chi connectivity index (χ1n) is 7.32. The second-order valence-corrected chi connectivity index (χ2v) is 6.96. The minimum atomic E-state index is -0.469. The lowest BCUT2D eigenvalue weighted by Crippen LogP contribution is -2.36. The zero-order valence-electron chi connectivity index (χ0n) is 12.0. The van der Waals surface area contributed by atoms with Crippen molar-refractivity contribution in [1.29, 1.82) is 0 Å². The predicted molar refractivity (Wildman–Crippen MR) is 87.9 cm³/mol. The fourth-order valence-electron chi connectivity index (χ4n) is 3.19. The van der Waals surface area contributed by atoms with E-state index in [1.54, 1.807) is 18.0 Å². The van der Waals surface area contributed by atoms with Crippen molar-refractivity contribution in [2.24, 2.45) is 4.99 Å². The van der Waals surface area contributed by atoms with Crippen molar-refractivity contribution in [2.75, 3.05) is 18.5 Å². The van der Waals surface area contributed by atoms with Crippen molar-refractivity contribution in [1.82, 2.24) is 0 Å². The first-order chi connectivity index (χ1) is 10.0. The van der Waals surface area contributed by atoms with Gasteiger partial charge < -0.3 is 4.90 Å². The number of benzene rings is 1. The molecule has 3 nitrogen and oxygen atoms in total. The molecule has 0 N–H and O–H groups in total. The first kappa shape index (κ1) is 14.9. The highest BCUT2D eigenvalue weighted by molar-refractivity contribution is 6.41. The largest absolute Gasteiger partial charge is 0.313 e. The minimum Gasteiger partial charge on any atom is -0.313 e. The van der Waals surface area contributed by atoms with Crippen LogP contribution in [0.3, 0.4) is 0 Å². The van der Waals surface area contributed by atoms with Crippen molar-refractivity contribution in [2.45, 2.75) is 37.0 Å². The van der Waals surface area contributed by atoms with E-state index in [1.165, 1.54) is 6.42 Å². The average molecular weight is 325 g/mol. The number of carbonyl (C=O) groups is 1. The molecule has 0 saturated heterocycles. The number of likely N-dealkylation sites (N-methyl/N-ethyl adjacent to an activating group) is 1. The maximum Gasteiger partial charge on any atom is 0.248 e. The van der Waals surface area contributed by atoms with Gasteiger partial charge in [-0.3, -0.25) is 9.79 Å². The summed E-state index contributed by atoms with van der Waals surface area (Å²) < 4.78 is 0. The summed E-state index contributed by atoms with van der Waals surface area (Å²) in [5, 5.41) is 0.639. The molecular weight excluding hydrogens is 307 g/mol. The van der Waals surface area contributed by atoms with Crippen LogP contribution in [0.25, 0.3) is 0 Å². The Labute approximate surface area is 134 Å². The van der Waals surface area contributed by atoms with Crippen LogP contribution >= 0.6 is 23.2 Å². The summed E-state index contributed by atoms with van der Waals surface area (Å²) in [4.78, 5) is 17.9. The number of halogens is 2. The van der Waals surface area contributed by atoms with E-state index in [-0.39, 0.29) is 12.5 Å². The van der Waals surface area contributed by atoms with Crippen molar-refractivity contribution in [3.05, 3.63) is 28.8 Å². The van der Waals surface area contributed by atoms with E-state index in [2.05, 4.69) is 4.99 Å². The van der Waals surface area contributed by atoms with Crippen LogP contribution in [0.1, 0.15) is 37.7 Å². The third-order valence-corrected chi connectivity index (χ3v) is 5.18. The summed E-state index contributed by atoms with van der Waals surface area (Å²) in [5.74, 6) is -0.0235. The molecule has 1 saturated carbocycles. The Kier molecular flexibility index (Phi) is 3.98. The van der Waals surface area contributed by atoms with Crippen LogP contribution in [-0.4, -0.2) is 30.1 Å². The van der Waals surface area contributed by atoms with E-state index in [0.717, 1.165) is 42.6 Å². The quantitative estimate of drug-likeness (QED) is 0.717. The number of hydrogen-bond donors (Lipinski definition) is 0. The number of nitrogens with zero attached hydrogens (tertiary/aromatic N) is 2. The number of rotatable bonds is 1. The number of aliphatic imine (C=N–C) groups is 1. The SMILES string of the molecule is CN1C(=O)CN=C(C2(Cl)CCCCC2)c2cc(Cl)ccc21. The molecule has 1 heterocycles. The molecule has 1 aliphatic heterocycles. The molecule has 0 aromatic heterocycles. The summed E-state index contributed by atoms with van der Waals surface area (Å²) in [5.41, 5.74) is 2.57. The molecule has 1 aromatic rings. The van der Waals surface area contributed by atoms with E-state index < -0.39 is 4.87 Å². The highest BCUT2D eigenvalue weighted by Gasteiger charge is 2.38. The Morgan fingerprint density at radius 1 is 1.24 bits per heavy atom.